The van der Waals surface area contributed by atoms with Crippen molar-refractivity contribution in [2.45, 2.75) is 37.5 Å². The van der Waals surface area contributed by atoms with Crippen LogP contribution in [0.5, 0.6) is 0 Å². The van der Waals surface area contributed by atoms with Gasteiger partial charge in [0.25, 0.3) is 5.91 Å². The summed E-state index contributed by atoms with van der Waals surface area (Å²) in [5, 5.41) is 3.86. The summed E-state index contributed by atoms with van der Waals surface area (Å²) in [7, 11) is 0. The van der Waals surface area contributed by atoms with Crippen LogP contribution in [0.4, 0.5) is 0 Å². The van der Waals surface area contributed by atoms with E-state index in [-0.39, 0.29) is 5.91 Å². The van der Waals surface area contributed by atoms with Gasteiger partial charge in [0.15, 0.2) is 0 Å². The average molecular weight is 413 g/mol. The minimum absolute atomic E-state index is 0.0379. The van der Waals surface area contributed by atoms with Crippen LogP contribution in [-0.2, 0) is 0 Å². The molecule has 0 saturated heterocycles. The van der Waals surface area contributed by atoms with Crippen LogP contribution in [0.3, 0.4) is 0 Å². The van der Waals surface area contributed by atoms with E-state index in [1.807, 2.05) is 17.8 Å². The average Bonchev–Trinajstić information content (AvgIpc) is 2.86. The Hall–Kier alpha value is 0.480. The minimum Gasteiger partial charge on any atom is -0.349 e. The zero-order chi connectivity index (χ0) is 13.1. The maximum Gasteiger partial charge on any atom is 0.253 e. The lowest BCUT2D eigenvalue weighted by Crippen LogP contribution is -2.33. The summed E-state index contributed by atoms with van der Waals surface area (Å²) >= 11 is 10.4. The monoisotopic (exact) mass is 411 g/mol. The van der Waals surface area contributed by atoms with E-state index in [0.717, 1.165) is 37.0 Å². The Kier molecular flexibility index (Phi) is 5.60. The van der Waals surface area contributed by atoms with Crippen LogP contribution >= 0.6 is 55.0 Å². The fraction of sp³-hybridized carbons (Fsp3) is 0.583. The molecule has 6 heteroatoms. The summed E-state index contributed by atoms with van der Waals surface area (Å²) in [6, 6.07) is 2.21. The minimum atomic E-state index is 0.0379. The Morgan fingerprint density at radius 1 is 1.56 bits per heavy atom. The molecule has 0 bridgehead atoms. The first kappa shape index (κ1) is 14.9. The van der Waals surface area contributed by atoms with Crippen molar-refractivity contribution in [2.75, 3.05) is 5.75 Å². The molecule has 1 heterocycles. The van der Waals surface area contributed by atoms with Gasteiger partial charge >= 0.3 is 0 Å². The molecule has 1 N–H and O–H groups in total. The van der Waals surface area contributed by atoms with Gasteiger partial charge in [0.2, 0.25) is 0 Å². The molecule has 1 aromatic rings. The fourth-order valence-electron chi connectivity index (χ4n) is 2.22. The smallest absolute Gasteiger partial charge is 0.253 e. The summed E-state index contributed by atoms with van der Waals surface area (Å²) in [5.41, 5.74) is 0.735. The van der Waals surface area contributed by atoms with Gasteiger partial charge in [-0.3, -0.25) is 4.79 Å². The zero-order valence-corrected chi connectivity index (χ0v) is 14.8. The van der Waals surface area contributed by atoms with Crippen molar-refractivity contribution >= 4 is 60.9 Å². The number of carbonyl (C=O) groups excluding carboxylic acids is 1. The van der Waals surface area contributed by atoms with E-state index in [1.165, 1.54) is 17.8 Å². The zero-order valence-electron chi connectivity index (χ0n) is 10.0. The van der Waals surface area contributed by atoms with Gasteiger partial charge in [0.05, 0.1) is 13.1 Å². The first-order valence-electron chi connectivity index (χ1n) is 5.97. The molecule has 1 amide bonds. The predicted molar refractivity (Wildman–Crippen MR) is 86.7 cm³/mol. The Morgan fingerprint density at radius 2 is 2.33 bits per heavy atom. The maximum atomic E-state index is 12.1. The summed E-state index contributed by atoms with van der Waals surface area (Å²) in [6.07, 6.45) is 3.43. The number of hydrogen-bond donors (Lipinski definition) is 1. The number of rotatable bonds is 4. The molecule has 100 valence electrons. The second kappa shape index (κ2) is 6.77. The van der Waals surface area contributed by atoms with E-state index in [9.17, 15) is 4.79 Å². The molecule has 0 radical (unpaired) electrons. The molecule has 0 aromatic carbocycles. The Balaban J connectivity index is 1.91. The summed E-state index contributed by atoms with van der Waals surface area (Å²) < 4.78 is 1.87. The third-order valence-corrected chi connectivity index (χ3v) is 6.60. The number of halogens is 2. The Bertz CT molecular complexity index is 436. The van der Waals surface area contributed by atoms with Crippen molar-refractivity contribution < 1.29 is 4.79 Å². The highest BCUT2D eigenvalue weighted by Crippen LogP contribution is 2.33. The quantitative estimate of drug-likeness (QED) is 0.777. The molecule has 2 atom stereocenters. The second-order valence-electron chi connectivity index (χ2n) is 4.30. The standard InChI is InChI=1S/C12H15Br2NOS2/c1-2-17-8-4-3-7(5-8)15-12(16)9-6-10(13)18-11(9)14/h6-8H,2-5H2,1H3,(H,15,16). The molecule has 2 nitrogen and oxygen atoms in total. The predicted octanol–water partition coefficient (Wildman–Crippen LogP) is 4.68. The number of thioether (sulfide) groups is 1. The van der Waals surface area contributed by atoms with Crippen molar-refractivity contribution in [2.24, 2.45) is 0 Å². The van der Waals surface area contributed by atoms with Crippen LogP contribution in [0.15, 0.2) is 13.6 Å². The third kappa shape index (κ3) is 3.74. The van der Waals surface area contributed by atoms with Crippen molar-refractivity contribution in [3.05, 3.63) is 19.2 Å². The van der Waals surface area contributed by atoms with Gasteiger partial charge in [-0.1, -0.05) is 6.92 Å². The van der Waals surface area contributed by atoms with Gasteiger partial charge in [0, 0.05) is 11.3 Å². The molecular weight excluding hydrogens is 398 g/mol. The third-order valence-electron chi connectivity index (χ3n) is 3.02. The van der Waals surface area contributed by atoms with Crippen molar-refractivity contribution in [1.29, 1.82) is 0 Å². The van der Waals surface area contributed by atoms with Gasteiger partial charge in [-0.25, -0.2) is 0 Å². The molecule has 1 fully saturated rings. The summed E-state index contributed by atoms with van der Waals surface area (Å²) in [5.74, 6) is 1.20. The molecule has 2 rings (SSSR count). The molecule has 1 saturated carbocycles. The van der Waals surface area contributed by atoms with Gasteiger partial charge in [-0.05, 0) is 62.9 Å². The Morgan fingerprint density at radius 3 is 2.94 bits per heavy atom. The van der Waals surface area contributed by atoms with E-state index in [1.54, 1.807) is 0 Å². The lowest BCUT2D eigenvalue weighted by Gasteiger charge is -2.12. The molecule has 2 unspecified atom stereocenters. The fourth-order valence-corrected chi connectivity index (χ4v) is 6.15. The number of carbonyl (C=O) groups is 1. The van der Waals surface area contributed by atoms with Crippen molar-refractivity contribution in [1.82, 2.24) is 5.32 Å². The van der Waals surface area contributed by atoms with Crippen LogP contribution in [0.25, 0.3) is 0 Å². The number of nitrogens with one attached hydrogen (secondary N) is 1. The highest BCUT2D eigenvalue weighted by molar-refractivity contribution is 9.12. The van der Waals surface area contributed by atoms with Crippen LogP contribution < -0.4 is 5.32 Å². The van der Waals surface area contributed by atoms with Gasteiger partial charge in [-0.15, -0.1) is 11.3 Å². The van der Waals surface area contributed by atoms with E-state index < -0.39 is 0 Å². The molecule has 1 aliphatic carbocycles. The molecule has 0 aliphatic heterocycles. The number of thiophene rings is 1. The summed E-state index contributed by atoms with van der Waals surface area (Å²) in [6.45, 7) is 2.19. The van der Waals surface area contributed by atoms with Crippen LogP contribution in [0, 0.1) is 0 Å². The van der Waals surface area contributed by atoms with E-state index in [2.05, 4.69) is 44.1 Å². The Labute approximate surface area is 133 Å². The molecule has 1 aliphatic rings. The van der Waals surface area contributed by atoms with Gasteiger partial charge in [-0.2, -0.15) is 11.8 Å². The molecule has 18 heavy (non-hydrogen) atoms. The van der Waals surface area contributed by atoms with Gasteiger partial charge in [0.1, 0.15) is 0 Å². The first-order valence-corrected chi connectivity index (χ1v) is 9.42. The largest absolute Gasteiger partial charge is 0.349 e. The van der Waals surface area contributed by atoms with Crippen molar-refractivity contribution in [3.63, 3.8) is 0 Å². The van der Waals surface area contributed by atoms with Gasteiger partial charge < -0.3 is 5.32 Å². The lowest BCUT2D eigenvalue weighted by atomic mass is 10.2. The van der Waals surface area contributed by atoms with Crippen molar-refractivity contribution in [3.8, 4) is 0 Å². The SMILES string of the molecule is CCSC1CCC(NC(=O)c2cc(Br)sc2Br)C1. The molecular formula is C12H15Br2NOS2. The van der Waals surface area contributed by atoms with E-state index in [4.69, 9.17) is 0 Å². The summed E-state index contributed by atoms with van der Waals surface area (Å²) in [4.78, 5) is 12.1. The maximum absolute atomic E-state index is 12.1. The lowest BCUT2D eigenvalue weighted by molar-refractivity contribution is 0.0937. The number of hydrogen-bond acceptors (Lipinski definition) is 3. The highest BCUT2D eigenvalue weighted by atomic mass is 79.9. The normalized spacial score (nSPS) is 23.3. The topological polar surface area (TPSA) is 29.1 Å². The first-order chi connectivity index (χ1) is 8.60. The molecule has 0 spiro atoms. The van der Waals surface area contributed by atoms with Crippen LogP contribution in [-0.4, -0.2) is 23.0 Å². The number of amides is 1. The van der Waals surface area contributed by atoms with Crippen LogP contribution in [0.2, 0.25) is 0 Å². The van der Waals surface area contributed by atoms with Crippen LogP contribution in [0.1, 0.15) is 36.5 Å². The van der Waals surface area contributed by atoms with E-state index >= 15 is 0 Å². The van der Waals surface area contributed by atoms with E-state index in [0.29, 0.717) is 6.04 Å². The second-order valence-corrected chi connectivity index (χ2v) is 9.63. The molecule has 1 aromatic heterocycles. The highest BCUT2D eigenvalue weighted by Gasteiger charge is 2.26.